The van der Waals surface area contributed by atoms with Crippen LogP contribution in [0.25, 0.3) is 0 Å². The quantitative estimate of drug-likeness (QED) is 0.425. The lowest BCUT2D eigenvalue weighted by molar-refractivity contribution is 0.187. The van der Waals surface area contributed by atoms with Gasteiger partial charge in [0.2, 0.25) is 0 Å². The summed E-state index contributed by atoms with van der Waals surface area (Å²) in [5.41, 5.74) is 1.85. The van der Waals surface area contributed by atoms with Gasteiger partial charge in [-0.05, 0) is 36.5 Å². The molecule has 134 valence electrons. The molecule has 1 aliphatic rings. The minimum absolute atomic E-state index is 0. The predicted octanol–water partition coefficient (Wildman–Crippen LogP) is 3.29. The van der Waals surface area contributed by atoms with Crippen molar-refractivity contribution in [2.45, 2.75) is 26.3 Å². The summed E-state index contributed by atoms with van der Waals surface area (Å²) in [7, 11) is 3.17. The molecule has 0 radical (unpaired) electrons. The molecule has 2 N–H and O–H groups in total. The van der Waals surface area contributed by atoms with Crippen LogP contribution in [0.2, 0.25) is 0 Å². The second kappa shape index (κ2) is 10.4. The number of halogens is 1. The van der Waals surface area contributed by atoms with Gasteiger partial charge in [-0.3, -0.25) is 10.3 Å². The van der Waals surface area contributed by atoms with Crippen molar-refractivity contribution in [2.75, 3.05) is 32.6 Å². The summed E-state index contributed by atoms with van der Waals surface area (Å²) in [5, 5.41) is 6.05. The zero-order valence-corrected chi connectivity index (χ0v) is 16.9. The van der Waals surface area contributed by atoms with Gasteiger partial charge in [-0.15, -0.1) is 24.0 Å². The van der Waals surface area contributed by atoms with Gasteiger partial charge in [-0.1, -0.05) is 19.1 Å². The standard InChI is InChI=1S/C17H26N4O2.HI/c1-13-5-4-10-21(12-13)16(18-2)19-11-14-6-8-15(9-7-14)20-17(22)23-3;/h6-9,13H,4-5,10-12H2,1-3H3,(H,18,19)(H,20,22);1H. The van der Waals surface area contributed by atoms with Crippen LogP contribution in [0.15, 0.2) is 29.3 Å². The highest BCUT2D eigenvalue weighted by atomic mass is 127. The maximum absolute atomic E-state index is 11.2. The highest BCUT2D eigenvalue weighted by Gasteiger charge is 2.18. The fourth-order valence-corrected chi connectivity index (χ4v) is 2.77. The molecular weight excluding hydrogens is 419 g/mol. The summed E-state index contributed by atoms with van der Waals surface area (Å²) in [4.78, 5) is 17.9. The fourth-order valence-electron chi connectivity index (χ4n) is 2.77. The van der Waals surface area contributed by atoms with Crippen molar-refractivity contribution in [1.82, 2.24) is 10.2 Å². The number of guanidine groups is 1. The van der Waals surface area contributed by atoms with Crippen LogP contribution in [-0.4, -0.2) is 44.2 Å². The average Bonchev–Trinajstić information content (AvgIpc) is 2.57. The van der Waals surface area contributed by atoms with Crippen LogP contribution in [0.3, 0.4) is 0 Å². The van der Waals surface area contributed by atoms with E-state index in [0.29, 0.717) is 12.5 Å². The van der Waals surface area contributed by atoms with Crippen LogP contribution in [0, 0.1) is 5.92 Å². The number of methoxy groups -OCH3 is 1. The third-order valence-electron chi connectivity index (χ3n) is 4.00. The zero-order valence-electron chi connectivity index (χ0n) is 14.5. The van der Waals surface area contributed by atoms with Crippen molar-refractivity contribution in [1.29, 1.82) is 0 Å². The van der Waals surface area contributed by atoms with Crippen molar-refractivity contribution in [3.8, 4) is 0 Å². The molecule has 1 amide bonds. The molecule has 1 fully saturated rings. The third-order valence-corrected chi connectivity index (χ3v) is 4.00. The Kier molecular flexibility index (Phi) is 8.88. The number of piperidine rings is 1. The Morgan fingerprint density at radius 1 is 1.38 bits per heavy atom. The van der Waals surface area contributed by atoms with E-state index in [2.05, 4.69) is 32.2 Å². The Morgan fingerprint density at radius 3 is 2.67 bits per heavy atom. The van der Waals surface area contributed by atoms with Crippen molar-refractivity contribution in [2.24, 2.45) is 10.9 Å². The maximum Gasteiger partial charge on any atom is 0.411 e. The Hall–Kier alpha value is -1.51. The lowest BCUT2D eigenvalue weighted by Gasteiger charge is -2.33. The van der Waals surface area contributed by atoms with E-state index in [1.165, 1.54) is 20.0 Å². The van der Waals surface area contributed by atoms with Gasteiger partial charge in [0.25, 0.3) is 0 Å². The molecule has 6 nitrogen and oxygen atoms in total. The maximum atomic E-state index is 11.2. The van der Waals surface area contributed by atoms with E-state index in [1.807, 2.05) is 31.3 Å². The molecular formula is C17H27IN4O2. The monoisotopic (exact) mass is 446 g/mol. The number of hydrogen-bond acceptors (Lipinski definition) is 3. The fraction of sp³-hybridized carbons (Fsp3) is 0.529. The van der Waals surface area contributed by atoms with Crippen LogP contribution in [0.5, 0.6) is 0 Å². The van der Waals surface area contributed by atoms with Gasteiger partial charge in [0.1, 0.15) is 0 Å². The number of likely N-dealkylation sites (tertiary alicyclic amines) is 1. The molecule has 0 aliphatic carbocycles. The van der Waals surface area contributed by atoms with E-state index >= 15 is 0 Å². The van der Waals surface area contributed by atoms with E-state index in [0.717, 1.165) is 30.3 Å². The first-order valence-corrected chi connectivity index (χ1v) is 8.02. The Bertz CT molecular complexity index is 548. The molecule has 1 saturated heterocycles. The van der Waals surface area contributed by atoms with Gasteiger partial charge in [0, 0.05) is 32.4 Å². The van der Waals surface area contributed by atoms with Gasteiger partial charge < -0.3 is 15.0 Å². The Balaban J connectivity index is 0.00000288. The van der Waals surface area contributed by atoms with Crippen LogP contribution in [0.1, 0.15) is 25.3 Å². The number of benzene rings is 1. The number of nitrogens with zero attached hydrogens (tertiary/aromatic N) is 2. The van der Waals surface area contributed by atoms with E-state index in [9.17, 15) is 4.79 Å². The summed E-state index contributed by atoms with van der Waals surface area (Å²) in [6.07, 6.45) is 2.05. The Labute approximate surface area is 161 Å². The lowest BCUT2D eigenvalue weighted by Crippen LogP contribution is -2.45. The SMILES string of the molecule is CN=C(NCc1ccc(NC(=O)OC)cc1)N1CCCC(C)C1.I. The molecule has 0 saturated carbocycles. The lowest BCUT2D eigenvalue weighted by atomic mass is 10.0. The molecule has 1 unspecified atom stereocenters. The predicted molar refractivity (Wildman–Crippen MR) is 108 cm³/mol. The number of amides is 1. The van der Waals surface area contributed by atoms with Crippen molar-refractivity contribution in [3.63, 3.8) is 0 Å². The Morgan fingerprint density at radius 2 is 2.08 bits per heavy atom. The molecule has 0 spiro atoms. The van der Waals surface area contributed by atoms with Crippen molar-refractivity contribution >= 4 is 41.7 Å². The van der Waals surface area contributed by atoms with Gasteiger partial charge >= 0.3 is 6.09 Å². The first-order chi connectivity index (χ1) is 11.1. The smallest absolute Gasteiger partial charge is 0.411 e. The number of ether oxygens (including phenoxy) is 1. The van der Waals surface area contributed by atoms with Gasteiger partial charge in [-0.2, -0.15) is 0 Å². The zero-order chi connectivity index (χ0) is 16.7. The van der Waals surface area contributed by atoms with Crippen molar-refractivity contribution < 1.29 is 9.53 Å². The molecule has 7 heteroatoms. The second-order valence-corrected chi connectivity index (χ2v) is 5.91. The number of anilines is 1. The van der Waals surface area contributed by atoms with Gasteiger partial charge in [-0.25, -0.2) is 4.79 Å². The average molecular weight is 446 g/mol. The number of aliphatic imine (C=N–C) groups is 1. The van der Waals surface area contributed by atoms with Crippen LogP contribution < -0.4 is 10.6 Å². The highest BCUT2D eigenvalue weighted by molar-refractivity contribution is 14.0. The molecule has 1 aromatic rings. The molecule has 2 rings (SSSR count). The van der Waals surface area contributed by atoms with Crippen LogP contribution in [0.4, 0.5) is 10.5 Å². The summed E-state index contributed by atoms with van der Waals surface area (Å²) in [6.45, 7) is 5.11. The minimum atomic E-state index is -0.463. The molecule has 1 aromatic carbocycles. The first kappa shape index (κ1) is 20.5. The topological polar surface area (TPSA) is 66.0 Å². The summed E-state index contributed by atoms with van der Waals surface area (Å²) in [6, 6.07) is 7.67. The minimum Gasteiger partial charge on any atom is -0.453 e. The summed E-state index contributed by atoms with van der Waals surface area (Å²) < 4.78 is 4.57. The summed E-state index contributed by atoms with van der Waals surface area (Å²) >= 11 is 0. The molecule has 1 aliphatic heterocycles. The molecule has 1 atom stereocenters. The van der Waals surface area contributed by atoms with E-state index in [4.69, 9.17) is 0 Å². The second-order valence-electron chi connectivity index (χ2n) is 5.91. The van der Waals surface area contributed by atoms with E-state index in [1.54, 1.807) is 0 Å². The van der Waals surface area contributed by atoms with Crippen molar-refractivity contribution in [3.05, 3.63) is 29.8 Å². The largest absolute Gasteiger partial charge is 0.453 e. The van der Waals surface area contributed by atoms with Crippen LogP contribution in [-0.2, 0) is 11.3 Å². The molecule has 0 aromatic heterocycles. The number of hydrogen-bond donors (Lipinski definition) is 2. The number of carbonyl (C=O) groups excluding carboxylic acids is 1. The first-order valence-electron chi connectivity index (χ1n) is 8.02. The normalized spacial score (nSPS) is 17.7. The molecule has 1 heterocycles. The summed E-state index contributed by atoms with van der Waals surface area (Å²) in [5.74, 6) is 1.67. The molecule has 24 heavy (non-hydrogen) atoms. The molecule has 0 bridgehead atoms. The number of nitrogens with one attached hydrogen (secondary N) is 2. The van der Waals surface area contributed by atoms with E-state index < -0.39 is 6.09 Å². The van der Waals surface area contributed by atoms with Gasteiger partial charge in [0.05, 0.1) is 7.11 Å². The van der Waals surface area contributed by atoms with Gasteiger partial charge in [0.15, 0.2) is 5.96 Å². The third kappa shape index (κ3) is 6.18. The van der Waals surface area contributed by atoms with E-state index in [-0.39, 0.29) is 24.0 Å². The number of rotatable bonds is 3. The number of carbonyl (C=O) groups is 1. The van der Waals surface area contributed by atoms with Crippen LogP contribution >= 0.6 is 24.0 Å². The highest BCUT2D eigenvalue weighted by Crippen LogP contribution is 2.15.